The first-order chi connectivity index (χ1) is 6.93. The summed E-state index contributed by atoms with van der Waals surface area (Å²) in [4.78, 5) is 24.7. The van der Waals surface area contributed by atoms with Crippen LogP contribution in [0.5, 0.6) is 0 Å². The molecule has 0 saturated heterocycles. The fourth-order valence-electron chi connectivity index (χ4n) is 1.01. The van der Waals surface area contributed by atoms with Crippen molar-refractivity contribution in [1.82, 2.24) is 4.98 Å². The number of hydrogen-bond donors (Lipinski definition) is 0. The third-order valence-corrected chi connectivity index (χ3v) is 1.66. The van der Waals surface area contributed by atoms with Crippen LogP contribution >= 0.6 is 0 Å². The molecule has 0 bridgehead atoms. The van der Waals surface area contributed by atoms with Crippen LogP contribution in [0.3, 0.4) is 0 Å². The summed E-state index contributed by atoms with van der Waals surface area (Å²) >= 11 is 0. The van der Waals surface area contributed by atoms with Gasteiger partial charge < -0.3 is 4.90 Å². The molecule has 0 saturated carbocycles. The third kappa shape index (κ3) is 2.16. The molecule has 0 amide bonds. The van der Waals surface area contributed by atoms with E-state index in [1.54, 1.807) is 14.1 Å². The van der Waals surface area contributed by atoms with Crippen molar-refractivity contribution in [2.75, 3.05) is 19.0 Å². The van der Waals surface area contributed by atoms with Gasteiger partial charge in [0.05, 0.1) is 15.9 Å². The van der Waals surface area contributed by atoms with Crippen LogP contribution in [-0.2, 0) is 0 Å². The fraction of sp³-hybridized carbons (Fsp3) is 0.286. The van der Waals surface area contributed by atoms with E-state index < -0.39 is 15.5 Å². The second-order valence-electron chi connectivity index (χ2n) is 2.94. The van der Waals surface area contributed by atoms with Crippen molar-refractivity contribution >= 4 is 17.2 Å². The van der Waals surface area contributed by atoms with Crippen molar-refractivity contribution < 1.29 is 9.85 Å². The van der Waals surface area contributed by atoms with E-state index in [0.29, 0.717) is 0 Å². The smallest absolute Gasteiger partial charge is 0.318 e. The minimum absolute atomic E-state index is 0.0885. The summed E-state index contributed by atoms with van der Waals surface area (Å²) in [5.74, 6) is 0.0885. The second-order valence-corrected chi connectivity index (χ2v) is 2.94. The van der Waals surface area contributed by atoms with E-state index in [4.69, 9.17) is 0 Å². The molecule has 0 N–H and O–H groups in total. The number of pyridine rings is 1. The van der Waals surface area contributed by atoms with Gasteiger partial charge in [-0.3, -0.25) is 20.2 Å². The van der Waals surface area contributed by atoms with E-state index in [1.165, 1.54) is 4.90 Å². The monoisotopic (exact) mass is 212 g/mol. The number of anilines is 1. The lowest BCUT2D eigenvalue weighted by Crippen LogP contribution is -2.13. The standard InChI is InChI=1S/C7H8N4O4/c1-9(2)7-6(11(14)15)3-5(4-8-7)10(12)13/h3-4H,1-2H3. The molecule has 0 aliphatic heterocycles. The Bertz CT molecular complexity index is 417. The maximum atomic E-state index is 10.6. The molecule has 0 aromatic carbocycles. The zero-order valence-corrected chi connectivity index (χ0v) is 8.08. The Hall–Kier alpha value is -2.25. The van der Waals surface area contributed by atoms with Crippen LogP contribution in [0, 0.1) is 20.2 Å². The first kappa shape index (κ1) is 10.8. The second kappa shape index (κ2) is 3.86. The van der Waals surface area contributed by atoms with E-state index >= 15 is 0 Å². The molecule has 8 heteroatoms. The minimum atomic E-state index is -0.723. The molecule has 0 atom stereocenters. The summed E-state index contributed by atoms with van der Waals surface area (Å²) in [7, 11) is 3.14. The molecule has 1 aromatic rings. The van der Waals surface area contributed by atoms with Gasteiger partial charge in [0, 0.05) is 14.1 Å². The number of rotatable bonds is 3. The van der Waals surface area contributed by atoms with Gasteiger partial charge in [-0.05, 0) is 0 Å². The third-order valence-electron chi connectivity index (χ3n) is 1.66. The highest BCUT2D eigenvalue weighted by molar-refractivity contribution is 5.60. The molecule has 0 fully saturated rings. The van der Waals surface area contributed by atoms with Crippen LogP contribution in [0.25, 0.3) is 0 Å². The van der Waals surface area contributed by atoms with Crippen LogP contribution in [0.4, 0.5) is 17.2 Å². The minimum Gasteiger partial charge on any atom is -0.357 e. The zero-order valence-electron chi connectivity index (χ0n) is 8.08. The number of hydrogen-bond acceptors (Lipinski definition) is 6. The van der Waals surface area contributed by atoms with Crippen molar-refractivity contribution in [2.24, 2.45) is 0 Å². The molecular weight excluding hydrogens is 204 g/mol. The SMILES string of the molecule is CN(C)c1ncc([N+](=O)[O-])cc1[N+](=O)[O-]. The van der Waals surface area contributed by atoms with Gasteiger partial charge in [0.1, 0.15) is 6.20 Å². The average Bonchev–Trinajstić information content (AvgIpc) is 2.16. The molecule has 0 spiro atoms. The Balaban J connectivity index is 3.33. The molecule has 1 rings (SSSR count). The summed E-state index contributed by atoms with van der Waals surface area (Å²) in [5.41, 5.74) is -0.776. The van der Waals surface area contributed by atoms with Crippen molar-refractivity contribution in [3.05, 3.63) is 32.5 Å². The molecular formula is C7H8N4O4. The Labute approximate surface area is 84.4 Å². The van der Waals surface area contributed by atoms with Crippen LogP contribution in [-0.4, -0.2) is 28.9 Å². The molecule has 8 nitrogen and oxygen atoms in total. The van der Waals surface area contributed by atoms with Crippen molar-refractivity contribution in [3.63, 3.8) is 0 Å². The van der Waals surface area contributed by atoms with Gasteiger partial charge in [0.25, 0.3) is 5.69 Å². The van der Waals surface area contributed by atoms with Crippen molar-refractivity contribution in [3.8, 4) is 0 Å². The number of nitro groups is 2. The predicted octanol–water partition coefficient (Wildman–Crippen LogP) is 0.964. The lowest BCUT2D eigenvalue weighted by molar-refractivity contribution is -0.394. The molecule has 80 valence electrons. The quantitative estimate of drug-likeness (QED) is 0.546. The van der Waals surface area contributed by atoms with Crippen molar-refractivity contribution in [1.29, 1.82) is 0 Å². The fourth-order valence-corrected chi connectivity index (χ4v) is 1.01. The summed E-state index contributed by atoms with van der Waals surface area (Å²) in [5, 5.41) is 21.0. The Kier molecular flexibility index (Phi) is 2.79. The molecule has 0 aliphatic carbocycles. The topological polar surface area (TPSA) is 102 Å². The van der Waals surface area contributed by atoms with Crippen LogP contribution in [0.1, 0.15) is 0 Å². The van der Waals surface area contributed by atoms with Gasteiger partial charge in [-0.2, -0.15) is 0 Å². The Morgan fingerprint density at radius 2 is 1.87 bits per heavy atom. The number of nitrogens with zero attached hydrogens (tertiary/aromatic N) is 4. The maximum Gasteiger partial charge on any atom is 0.318 e. The highest BCUT2D eigenvalue weighted by Gasteiger charge is 2.21. The average molecular weight is 212 g/mol. The predicted molar refractivity (Wildman–Crippen MR) is 51.9 cm³/mol. The summed E-state index contributed by atoms with van der Waals surface area (Å²) in [6.45, 7) is 0. The van der Waals surface area contributed by atoms with Crippen LogP contribution < -0.4 is 4.90 Å². The Morgan fingerprint density at radius 1 is 1.27 bits per heavy atom. The van der Waals surface area contributed by atoms with Gasteiger partial charge in [-0.1, -0.05) is 0 Å². The van der Waals surface area contributed by atoms with Crippen LogP contribution in [0.2, 0.25) is 0 Å². The highest BCUT2D eigenvalue weighted by Crippen LogP contribution is 2.27. The summed E-state index contributed by atoms with van der Waals surface area (Å²) < 4.78 is 0. The van der Waals surface area contributed by atoms with E-state index in [0.717, 1.165) is 12.3 Å². The van der Waals surface area contributed by atoms with E-state index in [2.05, 4.69) is 4.98 Å². The normalized spacial score (nSPS) is 9.73. The Morgan fingerprint density at radius 3 is 2.27 bits per heavy atom. The highest BCUT2D eigenvalue weighted by atomic mass is 16.6. The van der Waals surface area contributed by atoms with Crippen LogP contribution in [0.15, 0.2) is 12.3 Å². The lowest BCUT2D eigenvalue weighted by Gasteiger charge is -2.10. The molecule has 0 aliphatic rings. The largest absolute Gasteiger partial charge is 0.357 e. The van der Waals surface area contributed by atoms with Gasteiger partial charge >= 0.3 is 5.69 Å². The van der Waals surface area contributed by atoms with Gasteiger partial charge in [-0.25, -0.2) is 4.98 Å². The van der Waals surface area contributed by atoms with Gasteiger partial charge in [0.2, 0.25) is 5.82 Å². The van der Waals surface area contributed by atoms with E-state index in [-0.39, 0.29) is 11.5 Å². The summed E-state index contributed by atoms with van der Waals surface area (Å²) in [6, 6.07) is 0.891. The van der Waals surface area contributed by atoms with Crippen molar-refractivity contribution in [2.45, 2.75) is 0 Å². The van der Waals surface area contributed by atoms with Gasteiger partial charge in [0.15, 0.2) is 0 Å². The molecule has 1 heterocycles. The molecule has 0 radical (unpaired) electrons. The lowest BCUT2D eigenvalue weighted by atomic mass is 10.3. The van der Waals surface area contributed by atoms with E-state index in [9.17, 15) is 20.2 Å². The maximum absolute atomic E-state index is 10.6. The first-order valence-electron chi connectivity index (χ1n) is 3.89. The van der Waals surface area contributed by atoms with E-state index in [1.807, 2.05) is 0 Å². The summed E-state index contributed by atoms with van der Waals surface area (Å²) in [6.07, 6.45) is 0.988. The molecule has 0 unspecified atom stereocenters. The van der Waals surface area contributed by atoms with Gasteiger partial charge in [-0.15, -0.1) is 0 Å². The first-order valence-corrected chi connectivity index (χ1v) is 3.89. The number of aromatic nitrogens is 1. The molecule has 1 aromatic heterocycles. The molecule has 15 heavy (non-hydrogen) atoms. The zero-order chi connectivity index (χ0) is 11.6.